The quantitative estimate of drug-likeness (QED) is 0.374. The van der Waals surface area contributed by atoms with Gasteiger partial charge in [0.15, 0.2) is 0 Å². The Morgan fingerprint density at radius 1 is 0.958 bits per heavy atom. The average Bonchev–Trinajstić information content (AvgIpc) is 2.92. The zero-order chi connectivity index (χ0) is 13.4. The molecular weight excluding hydrogens is 393 g/mol. The van der Waals surface area contributed by atoms with Crippen LogP contribution in [0.3, 0.4) is 0 Å². The number of benzene rings is 1. The van der Waals surface area contributed by atoms with Crippen LogP contribution in [0, 0.1) is 35.8 Å². The molecule has 0 aliphatic heterocycles. The number of rotatable bonds is 0. The van der Waals surface area contributed by atoms with Crippen molar-refractivity contribution in [2.45, 2.75) is 19.5 Å². The van der Waals surface area contributed by atoms with Gasteiger partial charge in [-0.25, -0.2) is 12.2 Å². The molecular formula is C18H36Cl2NOSiTi-6. The maximum atomic E-state index is 7.00. The summed E-state index contributed by atoms with van der Waals surface area (Å²) >= 11 is 0. The SMILES string of the molecule is CO.C[SiH]C.Cl.Cl.[C-]1=CC=CC1.[CH3-].[CH3-].[CH3-].[CH3-].[NH-]c1ccccc1.[Ti]. The van der Waals surface area contributed by atoms with Crippen LogP contribution in [0.25, 0.3) is 5.73 Å². The fraction of sp³-hybridized carbons (Fsp3) is 0.222. The molecule has 1 aliphatic carbocycles. The molecule has 0 aromatic heterocycles. The van der Waals surface area contributed by atoms with Gasteiger partial charge in [0.05, 0.1) is 0 Å². The van der Waals surface area contributed by atoms with E-state index in [0.29, 0.717) is 5.69 Å². The van der Waals surface area contributed by atoms with Gasteiger partial charge in [0.25, 0.3) is 0 Å². The Morgan fingerprint density at radius 3 is 1.46 bits per heavy atom. The van der Waals surface area contributed by atoms with Gasteiger partial charge in [0, 0.05) is 38.3 Å². The summed E-state index contributed by atoms with van der Waals surface area (Å²) in [5.41, 5.74) is 7.57. The minimum Gasteiger partial charge on any atom is -0.699 e. The van der Waals surface area contributed by atoms with Crippen LogP contribution in [0.1, 0.15) is 6.42 Å². The molecule has 0 saturated carbocycles. The molecule has 0 saturated heterocycles. The summed E-state index contributed by atoms with van der Waals surface area (Å²) in [5, 5.41) is 7.00. The number of allylic oxidation sites excluding steroid dienone is 4. The number of hydrogen-bond acceptors (Lipinski definition) is 1. The summed E-state index contributed by atoms with van der Waals surface area (Å²) in [6.45, 7) is 4.42. The molecule has 0 unspecified atom stereocenters. The van der Waals surface area contributed by atoms with Crippen LogP contribution in [-0.2, 0) is 21.7 Å². The van der Waals surface area contributed by atoms with Crippen molar-refractivity contribution in [1.82, 2.24) is 0 Å². The standard InChI is InChI=1S/C6H6N.C5H5.C2H7Si.CH4O.4CH3.2ClH.Ti/c7-6-4-2-1-3-5-6;1-2-4-5-3-1;1-3-2;1-2;;;;;;;/h1-5,7H;1-3H,4H2;3H,1-2H3;2H,1H3;4*1H3;2*1H;/q2*-1;;;4*-1;;;. The zero-order valence-corrected chi connectivity index (χ0v) is 20.5. The molecule has 24 heavy (non-hydrogen) atoms. The van der Waals surface area contributed by atoms with E-state index in [2.05, 4.69) is 25.2 Å². The van der Waals surface area contributed by atoms with Gasteiger partial charge in [-0.1, -0.05) is 43.4 Å². The van der Waals surface area contributed by atoms with Crippen LogP contribution >= 0.6 is 24.8 Å². The minimum atomic E-state index is 0. The Balaban J connectivity index is -0.0000000175. The van der Waals surface area contributed by atoms with Crippen LogP contribution < -0.4 is 0 Å². The molecule has 6 heteroatoms. The van der Waals surface area contributed by atoms with Gasteiger partial charge in [-0.2, -0.15) is 6.08 Å². The largest absolute Gasteiger partial charge is 0.699 e. The molecule has 2 rings (SSSR count). The Morgan fingerprint density at radius 2 is 1.33 bits per heavy atom. The molecule has 1 aromatic carbocycles. The van der Waals surface area contributed by atoms with E-state index in [1.165, 1.54) is 0 Å². The Labute approximate surface area is 182 Å². The predicted octanol–water partition coefficient (Wildman–Crippen LogP) is 6.45. The van der Waals surface area contributed by atoms with Crippen molar-refractivity contribution in [1.29, 1.82) is 0 Å². The van der Waals surface area contributed by atoms with Gasteiger partial charge in [0.2, 0.25) is 0 Å². The first-order chi connectivity index (χ1) is 8.31. The molecule has 0 amide bonds. The van der Waals surface area contributed by atoms with Gasteiger partial charge in [0.1, 0.15) is 0 Å². The Bertz CT molecular complexity index is 290. The molecule has 1 aromatic rings. The van der Waals surface area contributed by atoms with Crippen LogP contribution in [-0.4, -0.2) is 21.7 Å². The van der Waals surface area contributed by atoms with Crippen LogP contribution in [0.4, 0.5) is 5.69 Å². The third-order valence-electron chi connectivity index (χ3n) is 1.36. The van der Waals surface area contributed by atoms with Gasteiger partial charge >= 0.3 is 0 Å². The Hall–Kier alpha value is -0.0288. The van der Waals surface area contributed by atoms with Crippen LogP contribution in [0.5, 0.6) is 0 Å². The van der Waals surface area contributed by atoms with Crippen molar-refractivity contribution in [3.63, 3.8) is 0 Å². The fourth-order valence-corrected chi connectivity index (χ4v) is 0.778. The summed E-state index contributed by atoms with van der Waals surface area (Å²) in [5.74, 6) is 0. The van der Waals surface area contributed by atoms with E-state index in [9.17, 15) is 0 Å². The predicted molar refractivity (Wildman–Crippen MR) is 119 cm³/mol. The molecule has 0 atom stereocenters. The second kappa shape index (κ2) is 56.8. The minimum absolute atomic E-state index is 0. The van der Waals surface area contributed by atoms with Crippen LogP contribution in [0.15, 0.2) is 48.6 Å². The third kappa shape index (κ3) is 57.4. The number of aliphatic hydroxyl groups excluding tert-OH is 1. The van der Waals surface area contributed by atoms with E-state index in [0.717, 1.165) is 23.1 Å². The third-order valence-corrected chi connectivity index (χ3v) is 1.36. The summed E-state index contributed by atoms with van der Waals surface area (Å²) in [6, 6.07) is 9.10. The molecule has 2 nitrogen and oxygen atoms in total. The summed E-state index contributed by atoms with van der Waals surface area (Å²) in [4.78, 5) is 0. The normalized spacial score (nSPS) is 7.17. The van der Waals surface area contributed by atoms with Crippen molar-refractivity contribution in [2.75, 3.05) is 7.11 Å². The van der Waals surface area contributed by atoms with Crippen molar-refractivity contribution in [3.05, 3.63) is 90.1 Å². The maximum absolute atomic E-state index is 7.00. The van der Waals surface area contributed by atoms with E-state index in [1.54, 1.807) is 12.1 Å². The summed E-state index contributed by atoms with van der Waals surface area (Å²) < 4.78 is 0. The van der Waals surface area contributed by atoms with E-state index < -0.39 is 0 Å². The zero-order valence-electron chi connectivity index (χ0n) is 16.2. The maximum Gasteiger partial charge on any atom is 0.0319 e. The molecule has 0 bridgehead atoms. The molecule has 0 fully saturated rings. The molecule has 2 N–H and O–H groups in total. The first-order valence-corrected chi connectivity index (χ1v) is 7.79. The molecule has 0 spiro atoms. The van der Waals surface area contributed by atoms with Gasteiger partial charge in [-0.3, -0.25) is 6.08 Å². The smallest absolute Gasteiger partial charge is 0.0319 e. The van der Waals surface area contributed by atoms with Crippen LogP contribution in [0.2, 0.25) is 13.1 Å². The fourth-order valence-electron chi connectivity index (χ4n) is 0.778. The van der Waals surface area contributed by atoms with E-state index in [1.807, 2.05) is 30.4 Å². The average molecular weight is 429 g/mol. The molecule has 0 heterocycles. The van der Waals surface area contributed by atoms with Gasteiger partial charge in [-0.15, -0.1) is 36.9 Å². The van der Waals surface area contributed by atoms with Crippen molar-refractivity contribution >= 4 is 40.0 Å². The number of hydrogen-bond donors (Lipinski definition) is 1. The second-order valence-corrected chi connectivity index (χ2v) is 4.10. The van der Waals surface area contributed by atoms with Gasteiger partial charge < -0.3 is 40.5 Å². The van der Waals surface area contributed by atoms with Crippen molar-refractivity contribution in [3.8, 4) is 0 Å². The Kier molecular flexibility index (Phi) is 134. The second-order valence-electron chi connectivity index (χ2n) is 2.95. The molecule has 147 valence electrons. The number of aliphatic hydroxyl groups is 1. The summed E-state index contributed by atoms with van der Waals surface area (Å²) in [7, 11) is 1.75. The van der Waals surface area contributed by atoms with E-state index in [-0.39, 0.29) is 76.2 Å². The molecule has 1 aliphatic rings. The van der Waals surface area contributed by atoms with Crippen molar-refractivity contribution in [2.24, 2.45) is 0 Å². The van der Waals surface area contributed by atoms with E-state index >= 15 is 0 Å². The number of nitrogens with one attached hydrogen (secondary N) is 1. The van der Waals surface area contributed by atoms with Crippen molar-refractivity contribution < 1.29 is 26.8 Å². The first-order valence-electron chi connectivity index (χ1n) is 5.48. The topological polar surface area (TPSA) is 44.0 Å². The van der Waals surface area contributed by atoms with Gasteiger partial charge in [-0.05, 0) is 0 Å². The first kappa shape index (κ1) is 56.4. The monoisotopic (exact) mass is 428 g/mol. The summed E-state index contributed by atoms with van der Waals surface area (Å²) in [6.07, 6.45) is 10.0. The number of halogens is 2. The van der Waals surface area contributed by atoms with E-state index in [4.69, 9.17) is 10.8 Å². The molecule has 1 radical (unpaired) electrons.